The first kappa shape index (κ1) is 11.6. The lowest BCUT2D eigenvalue weighted by atomic mass is 10.1. The quantitative estimate of drug-likeness (QED) is 0.825. The average molecular weight is 216 g/mol. The summed E-state index contributed by atoms with van der Waals surface area (Å²) >= 11 is 0. The van der Waals surface area contributed by atoms with Crippen molar-refractivity contribution in [1.82, 2.24) is 4.98 Å². The van der Waals surface area contributed by atoms with Crippen molar-refractivity contribution in [3.05, 3.63) is 35.7 Å². The van der Waals surface area contributed by atoms with E-state index in [1.807, 2.05) is 0 Å². The Bertz CT molecular complexity index is 383. The highest BCUT2D eigenvalue weighted by Crippen LogP contribution is 2.32. The fourth-order valence-electron chi connectivity index (χ4n) is 1.20. The molecule has 2 N–H and O–H groups in total. The molecule has 0 unspecified atom stereocenters. The van der Waals surface area contributed by atoms with E-state index in [0.717, 1.165) is 6.07 Å². The molecule has 1 heterocycles. The summed E-state index contributed by atoms with van der Waals surface area (Å²) in [6.45, 7) is 4.99. The molecule has 0 spiro atoms. The fourth-order valence-corrected chi connectivity index (χ4v) is 1.20. The van der Waals surface area contributed by atoms with Gasteiger partial charge in [0.1, 0.15) is 0 Å². The SMILES string of the molecule is C=C(N)c1cnc(CC)c(C(F)(F)F)c1. The van der Waals surface area contributed by atoms with Gasteiger partial charge >= 0.3 is 6.18 Å². The van der Waals surface area contributed by atoms with Gasteiger partial charge in [-0.05, 0) is 12.5 Å². The van der Waals surface area contributed by atoms with Crippen LogP contribution < -0.4 is 5.73 Å². The Kier molecular flexibility index (Phi) is 3.02. The summed E-state index contributed by atoms with van der Waals surface area (Å²) in [7, 11) is 0. The number of halogens is 3. The highest BCUT2D eigenvalue weighted by molar-refractivity contribution is 5.60. The van der Waals surface area contributed by atoms with Crippen LogP contribution in [0.3, 0.4) is 0 Å². The van der Waals surface area contributed by atoms with E-state index in [0.29, 0.717) is 0 Å². The van der Waals surface area contributed by atoms with Crippen LogP contribution in [0.2, 0.25) is 0 Å². The summed E-state index contributed by atoms with van der Waals surface area (Å²) in [5.74, 6) is 0. The van der Waals surface area contributed by atoms with Crippen LogP contribution in [0, 0.1) is 0 Å². The van der Waals surface area contributed by atoms with Crippen molar-refractivity contribution in [3.8, 4) is 0 Å². The van der Waals surface area contributed by atoms with Crippen molar-refractivity contribution in [2.45, 2.75) is 19.5 Å². The van der Waals surface area contributed by atoms with Crippen molar-refractivity contribution in [3.63, 3.8) is 0 Å². The first-order valence-corrected chi connectivity index (χ1v) is 4.37. The first-order chi connectivity index (χ1) is 6.86. The molecule has 0 atom stereocenters. The molecule has 15 heavy (non-hydrogen) atoms. The van der Waals surface area contributed by atoms with Gasteiger partial charge in [-0.15, -0.1) is 0 Å². The largest absolute Gasteiger partial charge is 0.418 e. The average Bonchev–Trinajstić information content (AvgIpc) is 2.15. The number of nitrogens with two attached hydrogens (primary N) is 1. The lowest BCUT2D eigenvalue weighted by Gasteiger charge is -2.12. The highest BCUT2D eigenvalue weighted by atomic mass is 19.4. The molecule has 0 aliphatic rings. The number of hydrogen-bond donors (Lipinski definition) is 1. The molecule has 0 saturated carbocycles. The molecule has 82 valence electrons. The maximum Gasteiger partial charge on any atom is 0.418 e. The molecule has 2 nitrogen and oxygen atoms in total. The molecule has 5 heteroatoms. The Morgan fingerprint density at radius 3 is 2.53 bits per heavy atom. The molecule has 1 aromatic heterocycles. The molecule has 0 bridgehead atoms. The van der Waals surface area contributed by atoms with Crippen molar-refractivity contribution in [2.24, 2.45) is 5.73 Å². The monoisotopic (exact) mass is 216 g/mol. The standard InChI is InChI=1S/C10H11F3N2/c1-3-9-8(10(11,12)13)4-7(5-15-9)6(2)14/h4-5H,2-3,14H2,1H3. The van der Waals surface area contributed by atoms with E-state index < -0.39 is 11.7 Å². The molecular weight excluding hydrogens is 205 g/mol. The van der Waals surface area contributed by atoms with Gasteiger partial charge in [-0.3, -0.25) is 4.98 Å². The summed E-state index contributed by atoms with van der Waals surface area (Å²) < 4.78 is 37.7. The fraction of sp³-hybridized carbons (Fsp3) is 0.300. The topological polar surface area (TPSA) is 38.9 Å². The third-order valence-corrected chi connectivity index (χ3v) is 1.98. The van der Waals surface area contributed by atoms with E-state index >= 15 is 0 Å². The Labute approximate surface area is 85.6 Å². The molecule has 0 aliphatic carbocycles. The van der Waals surface area contributed by atoms with Crippen molar-refractivity contribution in [2.75, 3.05) is 0 Å². The van der Waals surface area contributed by atoms with Crippen LogP contribution in [0.4, 0.5) is 13.2 Å². The summed E-state index contributed by atoms with van der Waals surface area (Å²) in [5, 5.41) is 0. The minimum atomic E-state index is -4.40. The number of hydrogen-bond acceptors (Lipinski definition) is 2. The van der Waals surface area contributed by atoms with E-state index in [2.05, 4.69) is 11.6 Å². The maximum atomic E-state index is 12.6. The van der Waals surface area contributed by atoms with Gasteiger partial charge in [-0.25, -0.2) is 0 Å². The zero-order valence-electron chi connectivity index (χ0n) is 8.23. The van der Waals surface area contributed by atoms with E-state index in [4.69, 9.17) is 5.73 Å². The summed E-state index contributed by atoms with van der Waals surface area (Å²) in [6, 6.07) is 0.980. The lowest BCUT2D eigenvalue weighted by molar-refractivity contribution is -0.138. The van der Waals surface area contributed by atoms with Gasteiger partial charge in [0.2, 0.25) is 0 Å². The smallest absolute Gasteiger partial charge is 0.399 e. The van der Waals surface area contributed by atoms with Crippen LogP contribution in [0.5, 0.6) is 0 Å². The van der Waals surface area contributed by atoms with Gasteiger partial charge in [0, 0.05) is 17.5 Å². The van der Waals surface area contributed by atoms with Crippen LogP contribution >= 0.6 is 0 Å². The number of aromatic nitrogens is 1. The number of rotatable bonds is 2. The molecular formula is C10H11F3N2. The molecule has 0 radical (unpaired) electrons. The molecule has 1 rings (SSSR count). The van der Waals surface area contributed by atoms with Gasteiger partial charge in [-0.1, -0.05) is 13.5 Å². The molecule has 0 aliphatic heterocycles. The van der Waals surface area contributed by atoms with Crippen molar-refractivity contribution in [1.29, 1.82) is 0 Å². The third kappa shape index (κ3) is 2.49. The van der Waals surface area contributed by atoms with Crippen molar-refractivity contribution < 1.29 is 13.2 Å². The molecule has 0 aromatic carbocycles. The normalized spacial score (nSPS) is 11.5. The van der Waals surface area contributed by atoms with Gasteiger partial charge in [0.05, 0.1) is 11.3 Å². The molecule has 0 saturated heterocycles. The third-order valence-electron chi connectivity index (χ3n) is 1.98. The Morgan fingerprint density at radius 1 is 1.53 bits per heavy atom. The summed E-state index contributed by atoms with van der Waals surface area (Å²) in [6.07, 6.45) is -2.87. The number of nitrogens with zero attached hydrogens (tertiary/aromatic N) is 1. The first-order valence-electron chi connectivity index (χ1n) is 4.37. The Hall–Kier alpha value is -1.52. The second kappa shape index (κ2) is 3.92. The van der Waals surface area contributed by atoms with E-state index in [1.165, 1.54) is 6.20 Å². The van der Waals surface area contributed by atoms with E-state index in [-0.39, 0.29) is 23.4 Å². The minimum Gasteiger partial charge on any atom is -0.399 e. The molecule has 1 aromatic rings. The van der Waals surface area contributed by atoms with Crippen LogP contribution in [0.25, 0.3) is 5.70 Å². The zero-order valence-corrected chi connectivity index (χ0v) is 8.23. The van der Waals surface area contributed by atoms with Gasteiger partial charge in [0.25, 0.3) is 0 Å². The zero-order chi connectivity index (χ0) is 11.6. The predicted octanol–water partition coefficient (Wildman–Crippen LogP) is 2.59. The van der Waals surface area contributed by atoms with Gasteiger partial charge in [-0.2, -0.15) is 13.2 Å². The Balaban J connectivity index is 3.32. The maximum absolute atomic E-state index is 12.6. The van der Waals surface area contributed by atoms with Crippen LogP contribution in [-0.2, 0) is 12.6 Å². The predicted molar refractivity (Wildman–Crippen MR) is 51.8 cm³/mol. The second-order valence-corrected chi connectivity index (χ2v) is 3.09. The number of aryl methyl sites for hydroxylation is 1. The number of pyridine rings is 1. The molecule has 0 fully saturated rings. The molecule has 0 amide bonds. The van der Waals surface area contributed by atoms with E-state index in [9.17, 15) is 13.2 Å². The number of alkyl halides is 3. The van der Waals surface area contributed by atoms with Gasteiger partial charge in [0.15, 0.2) is 0 Å². The van der Waals surface area contributed by atoms with Gasteiger partial charge < -0.3 is 5.73 Å². The van der Waals surface area contributed by atoms with Crippen LogP contribution in [-0.4, -0.2) is 4.98 Å². The lowest BCUT2D eigenvalue weighted by Crippen LogP contribution is -2.12. The minimum absolute atomic E-state index is 0.0208. The van der Waals surface area contributed by atoms with E-state index in [1.54, 1.807) is 6.92 Å². The highest BCUT2D eigenvalue weighted by Gasteiger charge is 2.33. The van der Waals surface area contributed by atoms with Crippen molar-refractivity contribution >= 4 is 5.70 Å². The summed E-state index contributed by atoms with van der Waals surface area (Å²) in [4.78, 5) is 3.72. The summed E-state index contributed by atoms with van der Waals surface area (Å²) in [5.41, 5.74) is 4.88. The van der Waals surface area contributed by atoms with Crippen LogP contribution in [0.15, 0.2) is 18.8 Å². The Morgan fingerprint density at radius 2 is 2.13 bits per heavy atom. The van der Waals surface area contributed by atoms with Crippen LogP contribution in [0.1, 0.15) is 23.7 Å². The second-order valence-electron chi connectivity index (χ2n) is 3.09.